The largest absolute Gasteiger partial charge is 0.452 e. The fourth-order valence-corrected chi connectivity index (χ4v) is 2.44. The molecule has 1 saturated heterocycles. The van der Waals surface area contributed by atoms with E-state index in [-0.39, 0.29) is 18.9 Å². The van der Waals surface area contributed by atoms with Crippen molar-refractivity contribution < 1.29 is 19.1 Å². The molecule has 1 unspecified atom stereocenters. The summed E-state index contributed by atoms with van der Waals surface area (Å²) >= 11 is 0. The van der Waals surface area contributed by atoms with Gasteiger partial charge in [0.15, 0.2) is 0 Å². The SMILES string of the molecule is C=CCC1C(=O)N(Cc2ccccc2)CC(=O)N1C(=O)OC. The number of carbonyl (C=O) groups excluding carboxylic acids is 3. The number of amides is 3. The Morgan fingerprint density at radius 2 is 2.05 bits per heavy atom. The normalized spacial score (nSPS) is 18.3. The van der Waals surface area contributed by atoms with Crippen LogP contribution < -0.4 is 0 Å². The van der Waals surface area contributed by atoms with Crippen molar-refractivity contribution in [3.63, 3.8) is 0 Å². The first-order chi connectivity index (χ1) is 10.6. The summed E-state index contributed by atoms with van der Waals surface area (Å²) in [6.07, 6.45) is 0.896. The maximum Gasteiger partial charge on any atom is 0.417 e. The van der Waals surface area contributed by atoms with Crippen molar-refractivity contribution in [2.75, 3.05) is 13.7 Å². The number of imide groups is 1. The van der Waals surface area contributed by atoms with Crippen LogP contribution >= 0.6 is 0 Å². The lowest BCUT2D eigenvalue weighted by molar-refractivity contribution is -0.154. The van der Waals surface area contributed by atoms with Crippen LogP contribution in [0.4, 0.5) is 4.79 Å². The van der Waals surface area contributed by atoms with E-state index in [1.807, 2.05) is 30.3 Å². The van der Waals surface area contributed by atoms with Gasteiger partial charge in [-0.2, -0.15) is 0 Å². The van der Waals surface area contributed by atoms with Crippen LogP contribution in [-0.2, 0) is 20.9 Å². The standard InChI is InChI=1S/C16H18N2O4/c1-3-7-13-15(20)17(10-12-8-5-4-6-9-12)11-14(19)18(13)16(21)22-2/h3-6,8-9,13H,1,7,10-11H2,2H3. The van der Waals surface area contributed by atoms with Gasteiger partial charge in [0.25, 0.3) is 5.91 Å². The summed E-state index contributed by atoms with van der Waals surface area (Å²) in [4.78, 5) is 38.9. The van der Waals surface area contributed by atoms with Gasteiger partial charge in [0.2, 0.25) is 5.91 Å². The van der Waals surface area contributed by atoms with E-state index in [0.717, 1.165) is 10.5 Å². The summed E-state index contributed by atoms with van der Waals surface area (Å²) in [6, 6.07) is 8.49. The van der Waals surface area contributed by atoms with Crippen molar-refractivity contribution in [3.05, 3.63) is 48.6 Å². The molecule has 0 saturated carbocycles. The number of hydrogen-bond acceptors (Lipinski definition) is 4. The van der Waals surface area contributed by atoms with Crippen molar-refractivity contribution in [2.24, 2.45) is 0 Å². The Morgan fingerprint density at radius 3 is 2.64 bits per heavy atom. The molecule has 0 spiro atoms. The van der Waals surface area contributed by atoms with Gasteiger partial charge < -0.3 is 9.64 Å². The van der Waals surface area contributed by atoms with Crippen LogP contribution in [0.25, 0.3) is 0 Å². The highest BCUT2D eigenvalue weighted by Crippen LogP contribution is 2.19. The summed E-state index contributed by atoms with van der Waals surface area (Å²) in [5, 5.41) is 0. The molecule has 0 N–H and O–H groups in total. The second-order valence-corrected chi connectivity index (χ2v) is 4.95. The van der Waals surface area contributed by atoms with Crippen molar-refractivity contribution in [1.29, 1.82) is 0 Å². The second kappa shape index (κ2) is 6.89. The van der Waals surface area contributed by atoms with E-state index in [1.54, 1.807) is 0 Å². The van der Waals surface area contributed by atoms with Gasteiger partial charge in [-0.1, -0.05) is 36.4 Å². The number of hydrogen-bond donors (Lipinski definition) is 0. The molecular weight excluding hydrogens is 284 g/mol. The average molecular weight is 302 g/mol. The first-order valence-electron chi connectivity index (χ1n) is 6.92. The van der Waals surface area contributed by atoms with E-state index in [1.165, 1.54) is 18.1 Å². The Kier molecular flexibility index (Phi) is 4.93. The smallest absolute Gasteiger partial charge is 0.417 e. The summed E-state index contributed by atoms with van der Waals surface area (Å²) in [5.74, 6) is -0.733. The molecule has 2 rings (SSSR count). The third-order valence-electron chi connectivity index (χ3n) is 3.48. The van der Waals surface area contributed by atoms with Gasteiger partial charge >= 0.3 is 6.09 Å². The van der Waals surface area contributed by atoms with E-state index < -0.39 is 18.0 Å². The molecule has 6 nitrogen and oxygen atoms in total. The minimum atomic E-state index is -0.894. The predicted molar refractivity (Wildman–Crippen MR) is 79.7 cm³/mol. The minimum Gasteiger partial charge on any atom is -0.452 e. The zero-order chi connectivity index (χ0) is 16.1. The summed E-state index contributed by atoms with van der Waals surface area (Å²) in [6.45, 7) is 3.77. The van der Waals surface area contributed by atoms with Crippen LogP contribution in [0.3, 0.4) is 0 Å². The molecule has 1 aliphatic heterocycles. The maximum absolute atomic E-state index is 12.6. The van der Waals surface area contributed by atoms with Crippen molar-refractivity contribution >= 4 is 17.9 Å². The minimum absolute atomic E-state index is 0.142. The Balaban J connectivity index is 2.22. The van der Waals surface area contributed by atoms with E-state index in [2.05, 4.69) is 11.3 Å². The highest BCUT2D eigenvalue weighted by atomic mass is 16.5. The number of rotatable bonds is 4. The molecule has 116 valence electrons. The van der Waals surface area contributed by atoms with Crippen molar-refractivity contribution in [3.8, 4) is 0 Å². The first kappa shape index (κ1) is 15.8. The topological polar surface area (TPSA) is 66.9 Å². The van der Waals surface area contributed by atoms with Gasteiger partial charge in [0.1, 0.15) is 12.6 Å². The Labute approximate surface area is 129 Å². The monoisotopic (exact) mass is 302 g/mol. The third-order valence-corrected chi connectivity index (χ3v) is 3.48. The van der Waals surface area contributed by atoms with Crippen LogP contribution in [0.15, 0.2) is 43.0 Å². The second-order valence-electron chi connectivity index (χ2n) is 4.95. The molecule has 0 aliphatic carbocycles. The van der Waals surface area contributed by atoms with Crippen molar-refractivity contribution in [1.82, 2.24) is 9.80 Å². The molecular formula is C16H18N2O4. The first-order valence-corrected chi connectivity index (χ1v) is 6.92. The summed E-state index contributed by atoms with van der Waals surface area (Å²) < 4.78 is 4.60. The molecule has 1 aromatic carbocycles. The van der Waals surface area contributed by atoms with Gasteiger partial charge in [0, 0.05) is 6.54 Å². The van der Waals surface area contributed by atoms with Crippen LogP contribution in [0.2, 0.25) is 0 Å². The van der Waals surface area contributed by atoms with Crippen LogP contribution in [-0.4, -0.2) is 47.4 Å². The number of methoxy groups -OCH3 is 1. The van der Waals surface area contributed by atoms with E-state index in [0.29, 0.717) is 6.54 Å². The molecule has 1 heterocycles. The van der Waals surface area contributed by atoms with E-state index in [9.17, 15) is 14.4 Å². The van der Waals surface area contributed by atoms with Gasteiger partial charge in [-0.15, -0.1) is 6.58 Å². The van der Waals surface area contributed by atoms with Crippen LogP contribution in [0.1, 0.15) is 12.0 Å². The lowest BCUT2D eigenvalue weighted by Gasteiger charge is -2.37. The highest BCUT2D eigenvalue weighted by molar-refractivity contribution is 6.03. The van der Waals surface area contributed by atoms with Gasteiger partial charge in [-0.3, -0.25) is 9.59 Å². The molecule has 0 radical (unpaired) electrons. The van der Waals surface area contributed by atoms with Gasteiger partial charge in [-0.25, -0.2) is 9.69 Å². The molecule has 0 bridgehead atoms. The zero-order valence-electron chi connectivity index (χ0n) is 12.4. The Hall–Kier alpha value is -2.63. The molecule has 3 amide bonds. The summed E-state index contributed by atoms with van der Waals surface area (Å²) in [5.41, 5.74) is 0.924. The maximum atomic E-state index is 12.6. The third kappa shape index (κ3) is 3.16. The zero-order valence-corrected chi connectivity index (χ0v) is 12.4. The molecule has 0 aromatic heterocycles. The van der Waals surface area contributed by atoms with Crippen molar-refractivity contribution in [2.45, 2.75) is 19.0 Å². The van der Waals surface area contributed by atoms with Crippen LogP contribution in [0, 0.1) is 0 Å². The molecule has 1 aliphatic rings. The Bertz CT molecular complexity index is 585. The Morgan fingerprint density at radius 1 is 1.36 bits per heavy atom. The lowest BCUT2D eigenvalue weighted by Crippen LogP contribution is -2.61. The van der Waals surface area contributed by atoms with Gasteiger partial charge in [-0.05, 0) is 12.0 Å². The number of carbonyl (C=O) groups is 3. The van der Waals surface area contributed by atoms with E-state index in [4.69, 9.17) is 0 Å². The molecule has 6 heteroatoms. The number of benzene rings is 1. The molecule has 1 aromatic rings. The fourth-order valence-electron chi connectivity index (χ4n) is 2.44. The lowest BCUT2D eigenvalue weighted by atomic mass is 10.1. The average Bonchev–Trinajstić information content (AvgIpc) is 2.52. The fraction of sp³-hybridized carbons (Fsp3) is 0.312. The highest BCUT2D eigenvalue weighted by Gasteiger charge is 2.42. The number of piperazine rings is 1. The number of ether oxygens (including phenoxy) is 1. The molecule has 1 atom stereocenters. The molecule has 22 heavy (non-hydrogen) atoms. The molecule has 1 fully saturated rings. The number of nitrogens with zero attached hydrogens (tertiary/aromatic N) is 2. The van der Waals surface area contributed by atoms with E-state index >= 15 is 0 Å². The predicted octanol–water partition coefficient (Wildman–Crippen LogP) is 1.57. The van der Waals surface area contributed by atoms with Crippen LogP contribution in [0.5, 0.6) is 0 Å². The quantitative estimate of drug-likeness (QED) is 0.792. The summed E-state index contributed by atoms with van der Waals surface area (Å²) in [7, 11) is 1.18. The van der Waals surface area contributed by atoms with Gasteiger partial charge in [0.05, 0.1) is 7.11 Å².